The van der Waals surface area contributed by atoms with Crippen LogP contribution >= 0.6 is 11.8 Å². The smallest absolute Gasteiger partial charge is 0.225 e. The summed E-state index contributed by atoms with van der Waals surface area (Å²) in [5, 5.41) is 5.44. The Bertz CT molecular complexity index is 750. The van der Waals surface area contributed by atoms with Crippen molar-refractivity contribution in [2.24, 2.45) is 0 Å². The first-order chi connectivity index (χ1) is 12.0. The van der Waals surface area contributed by atoms with Crippen molar-refractivity contribution in [1.82, 2.24) is 0 Å². The van der Waals surface area contributed by atoms with E-state index < -0.39 is 0 Å². The topological polar surface area (TPSA) is 67.4 Å². The Labute approximate surface area is 150 Å². The fourth-order valence-corrected chi connectivity index (χ4v) is 2.94. The third-order valence-corrected chi connectivity index (χ3v) is 4.22. The minimum Gasteiger partial charge on any atom is -0.495 e. The number of thioether (sulfide) groups is 1. The molecule has 0 saturated carbocycles. The van der Waals surface area contributed by atoms with Gasteiger partial charge in [-0.25, -0.2) is 4.39 Å². The second kappa shape index (κ2) is 9.08. The van der Waals surface area contributed by atoms with Crippen LogP contribution in [0.4, 0.5) is 15.8 Å². The van der Waals surface area contributed by atoms with E-state index in [1.54, 1.807) is 30.3 Å². The number of nitrogens with one attached hydrogen (secondary N) is 2. The Hall–Kier alpha value is -2.54. The normalized spacial score (nSPS) is 10.2. The van der Waals surface area contributed by atoms with Crippen molar-refractivity contribution in [2.45, 2.75) is 18.2 Å². The lowest BCUT2D eigenvalue weighted by atomic mass is 10.2. The Balaban J connectivity index is 1.89. The summed E-state index contributed by atoms with van der Waals surface area (Å²) in [6.07, 6.45) is 0.309. The van der Waals surface area contributed by atoms with Crippen molar-refractivity contribution in [3.8, 4) is 5.75 Å². The van der Waals surface area contributed by atoms with Crippen LogP contribution in [0.1, 0.15) is 13.3 Å². The number of ether oxygens (including phenoxy) is 1. The molecule has 2 amide bonds. The van der Waals surface area contributed by atoms with E-state index in [9.17, 15) is 14.0 Å². The first kappa shape index (κ1) is 18.8. The van der Waals surface area contributed by atoms with Gasteiger partial charge >= 0.3 is 0 Å². The first-order valence-electron chi connectivity index (χ1n) is 7.62. The average molecular weight is 362 g/mol. The molecule has 0 saturated heterocycles. The summed E-state index contributed by atoms with van der Waals surface area (Å²) >= 11 is 1.48. The SMILES string of the molecule is COc1ccc(NC(=O)CCSc2ccc(F)cc2)cc1NC(C)=O. The fourth-order valence-electron chi connectivity index (χ4n) is 2.09. The molecular formula is C18H19FN2O3S. The molecule has 2 aromatic rings. The zero-order valence-electron chi connectivity index (χ0n) is 14.0. The molecule has 0 aliphatic heterocycles. The number of benzene rings is 2. The zero-order chi connectivity index (χ0) is 18.2. The van der Waals surface area contributed by atoms with Crippen LogP contribution in [-0.4, -0.2) is 24.7 Å². The number of amides is 2. The molecule has 0 unspecified atom stereocenters. The Morgan fingerprint density at radius 1 is 1.12 bits per heavy atom. The molecule has 2 aromatic carbocycles. The molecule has 0 aromatic heterocycles. The van der Waals surface area contributed by atoms with Crippen molar-refractivity contribution in [1.29, 1.82) is 0 Å². The van der Waals surface area contributed by atoms with Crippen molar-refractivity contribution >= 4 is 35.0 Å². The van der Waals surface area contributed by atoms with Gasteiger partial charge in [-0.15, -0.1) is 11.8 Å². The summed E-state index contributed by atoms with van der Waals surface area (Å²) in [5.74, 6) is 0.439. The molecule has 0 spiro atoms. The molecule has 0 heterocycles. The standard InChI is InChI=1S/C18H19FN2O3S/c1-12(22)20-16-11-14(5-8-17(16)24-2)21-18(23)9-10-25-15-6-3-13(19)4-7-15/h3-8,11H,9-10H2,1-2H3,(H,20,22)(H,21,23). The van der Waals surface area contributed by atoms with E-state index in [1.165, 1.54) is 37.9 Å². The summed E-state index contributed by atoms with van der Waals surface area (Å²) in [5.41, 5.74) is 1.06. The molecule has 5 nitrogen and oxygen atoms in total. The molecule has 0 aliphatic rings. The van der Waals surface area contributed by atoms with Gasteiger partial charge in [-0.05, 0) is 42.5 Å². The van der Waals surface area contributed by atoms with Gasteiger partial charge in [0.2, 0.25) is 11.8 Å². The second-order valence-corrected chi connectivity index (χ2v) is 6.37. The quantitative estimate of drug-likeness (QED) is 0.733. The maximum atomic E-state index is 12.8. The van der Waals surface area contributed by atoms with Gasteiger partial charge in [0.1, 0.15) is 11.6 Å². The van der Waals surface area contributed by atoms with Crippen LogP contribution in [0.5, 0.6) is 5.75 Å². The highest BCUT2D eigenvalue weighted by Gasteiger charge is 2.08. The zero-order valence-corrected chi connectivity index (χ0v) is 14.8. The van der Waals surface area contributed by atoms with Crippen LogP contribution in [0.15, 0.2) is 47.4 Å². The van der Waals surface area contributed by atoms with Gasteiger partial charge in [-0.3, -0.25) is 9.59 Å². The number of hydrogen-bond acceptors (Lipinski definition) is 4. The van der Waals surface area contributed by atoms with Gasteiger partial charge in [0.05, 0.1) is 12.8 Å². The third kappa shape index (κ3) is 6.11. The van der Waals surface area contributed by atoms with E-state index >= 15 is 0 Å². The predicted molar refractivity (Wildman–Crippen MR) is 97.7 cm³/mol. The third-order valence-electron chi connectivity index (χ3n) is 3.21. The lowest BCUT2D eigenvalue weighted by molar-refractivity contribution is -0.116. The van der Waals surface area contributed by atoms with Gasteiger partial charge in [-0.2, -0.15) is 0 Å². The highest BCUT2D eigenvalue weighted by Crippen LogP contribution is 2.28. The maximum absolute atomic E-state index is 12.8. The number of halogens is 1. The average Bonchev–Trinajstić information content (AvgIpc) is 2.56. The van der Waals surface area contributed by atoms with Gasteiger partial charge in [0.15, 0.2) is 0 Å². The van der Waals surface area contributed by atoms with E-state index in [4.69, 9.17) is 4.74 Å². The molecule has 0 radical (unpaired) electrons. The maximum Gasteiger partial charge on any atom is 0.225 e. The monoisotopic (exact) mass is 362 g/mol. The molecular weight excluding hydrogens is 343 g/mol. The largest absolute Gasteiger partial charge is 0.495 e. The number of methoxy groups -OCH3 is 1. The Morgan fingerprint density at radius 3 is 2.48 bits per heavy atom. The van der Waals surface area contributed by atoms with Gasteiger partial charge in [0.25, 0.3) is 0 Å². The Morgan fingerprint density at radius 2 is 1.84 bits per heavy atom. The molecule has 0 fully saturated rings. The van der Waals surface area contributed by atoms with Crippen LogP contribution < -0.4 is 15.4 Å². The molecule has 0 aliphatic carbocycles. The molecule has 0 atom stereocenters. The summed E-state index contributed by atoms with van der Waals surface area (Å²) in [6, 6.07) is 11.2. The van der Waals surface area contributed by atoms with E-state index in [2.05, 4.69) is 10.6 Å². The number of hydrogen-bond donors (Lipinski definition) is 2. The second-order valence-electron chi connectivity index (χ2n) is 5.20. The van der Waals surface area contributed by atoms with Crippen molar-refractivity contribution in [3.05, 3.63) is 48.3 Å². The summed E-state index contributed by atoms with van der Waals surface area (Å²) < 4.78 is 18.0. The number of anilines is 2. The lowest BCUT2D eigenvalue weighted by Crippen LogP contribution is -2.13. The van der Waals surface area contributed by atoms with E-state index in [0.717, 1.165) is 4.90 Å². The van der Waals surface area contributed by atoms with E-state index in [-0.39, 0.29) is 17.6 Å². The van der Waals surface area contributed by atoms with E-state index in [1.807, 2.05) is 0 Å². The fraction of sp³-hybridized carbons (Fsp3) is 0.222. The number of carbonyl (C=O) groups excluding carboxylic acids is 2. The van der Waals surface area contributed by atoms with Crippen molar-refractivity contribution in [2.75, 3.05) is 23.5 Å². The van der Waals surface area contributed by atoms with Crippen molar-refractivity contribution in [3.63, 3.8) is 0 Å². The van der Waals surface area contributed by atoms with Gasteiger partial charge in [-0.1, -0.05) is 0 Å². The summed E-state index contributed by atoms with van der Waals surface area (Å²) in [6.45, 7) is 1.40. The summed E-state index contributed by atoms with van der Waals surface area (Å²) in [4.78, 5) is 24.2. The summed E-state index contributed by atoms with van der Waals surface area (Å²) in [7, 11) is 1.51. The number of carbonyl (C=O) groups is 2. The molecule has 25 heavy (non-hydrogen) atoms. The van der Waals surface area contributed by atoms with E-state index in [0.29, 0.717) is 29.3 Å². The minimum absolute atomic E-state index is 0.145. The lowest BCUT2D eigenvalue weighted by Gasteiger charge is -2.12. The predicted octanol–water partition coefficient (Wildman–Crippen LogP) is 3.91. The van der Waals surface area contributed by atoms with Crippen LogP contribution in [0.2, 0.25) is 0 Å². The van der Waals surface area contributed by atoms with Crippen LogP contribution in [-0.2, 0) is 9.59 Å². The minimum atomic E-state index is -0.281. The van der Waals surface area contributed by atoms with Crippen molar-refractivity contribution < 1.29 is 18.7 Å². The number of rotatable bonds is 7. The first-order valence-corrected chi connectivity index (χ1v) is 8.60. The molecule has 7 heteroatoms. The van der Waals surface area contributed by atoms with Crippen LogP contribution in [0.3, 0.4) is 0 Å². The molecule has 0 bridgehead atoms. The van der Waals surface area contributed by atoms with Gasteiger partial charge in [0, 0.05) is 29.7 Å². The van der Waals surface area contributed by atoms with Crippen LogP contribution in [0, 0.1) is 5.82 Å². The highest BCUT2D eigenvalue weighted by atomic mass is 32.2. The Kier molecular flexibility index (Phi) is 6.82. The molecule has 2 rings (SSSR count). The molecule has 132 valence electrons. The van der Waals surface area contributed by atoms with Crippen LogP contribution in [0.25, 0.3) is 0 Å². The molecule has 2 N–H and O–H groups in total. The van der Waals surface area contributed by atoms with Gasteiger partial charge < -0.3 is 15.4 Å². The highest BCUT2D eigenvalue weighted by molar-refractivity contribution is 7.99.